The van der Waals surface area contributed by atoms with Gasteiger partial charge >= 0.3 is 0 Å². The number of nitrogens with zero attached hydrogens (tertiary/aromatic N) is 2. The first-order valence-corrected chi connectivity index (χ1v) is 7.91. The zero-order valence-corrected chi connectivity index (χ0v) is 13.9. The van der Waals surface area contributed by atoms with Crippen LogP contribution >= 0.6 is 0 Å². The summed E-state index contributed by atoms with van der Waals surface area (Å²) in [6, 6.07) is 16.5. The second-order valence-corrected chi connectivity index (χ2v) is 6.23. The van der Waals surface area contributed by atoms with E-state index in [2.05, 4.69) is 48.9 Å². The molecule has 24 heavy (non-hydrogen) atoms. The number of furan rings is 1. The molecule has 0 bridgehead atoms. The fourth-order valence-electron chi connectivity index (χ4n) is 3.44. The number of aryl methyl sites for hydroxylation is 3. The van der Waals surface area contributed by atoms with Crippen molar-refractivity contribution in [3.05, 3.63) is 65.4 Å². The Morgan fingerprint density at radius 2 is 1.83 bits per heavy atom. The second kappa shape index (κ2) is 5.21. The van der Waals surface area contributed by atoms with E-state index in [1.807, 2.05) is 31.3 Å². The second-order valence-electron chi connectivity index (χ2n) is 6.23. The fourth-order valence-corrected chi connectivity index (χ4v) is 3.44. The van der Waals surface area contributed by atoms with Gasteiger partial charge in [-0.05, 0) is 37.6 Å². The lowest BCUT2D eigenvalue weighted by Crippen LogP contribution is -2.31. The van der Waals surface area contributed by atoms with E-state index in [1.54, 1.807) is 0 Å². The van der Waals surface area contributed by atoms with Crippen LogP contribution in [0.3, 0.4) is 0 Å². The molecule has 4 rings (SSSR count). The van der Waals surface area contributed by atoms with Gasteiger partial charge in [0.15, 0.2) is 11.8 Å². The number of rotatable bonds is 1. The van der Waals surface area contributed by atoms with Crippen molar-refractivity contribution in [2.75, 3.05) is 0 Å². The van der Waals surface area contributed by atoms with Crippen LogP contribution in [0.2, 0.25) is 0 Å². The first kappa shape index (κ1) is 14.5. The maximum Gasteiger partial charge on any atom is 0.214 e. The molecule has 0 saturated heterocycles. The van der Waals surface area contributed by atoms with Crippen molar-refractivity contribution in [1.82, 2.24) is 0 Å². The van der Waals surface area contributed by atoms with Gasteiger partial charge in [-0.2, -0.15) is 5.26 Å². The van der Waals surface area contributed by atoms with Gasteiger partial charge in [0.05, 0.1) is 5.56 Å². The minimum atomic E-state index is 0.598. The Bertz CT molecular complexity index is 1150. The maximum absolute atomic E-state index is 9.85. The summed E-state index contributed by atoms with van der Waals surface area (Å²) in [6.07, 6.45) is 2.07. The summed E-state index contributed by atoms with van der Waals surface area (Å²) in [5.41, 5.74) is 6.28. The molecule has 3 heteroatoms. The van der Waals surface area contributed by atoms with Crippen LogP contribution in [0.25, 0.3) is 33.2 Å². The normalized spacial score (nSPS) is 11.1. The molecular formula is C21H17N2O+. The van der Waals surface area contributed by atoms with Crippen LogP contribution in [-0.2, 0) is 7.05 Å². The van der Waals surface area contributed by atoms with Crippen molar-refractivity contribution < 1.29 is 8.98 Å². The number of pyridine rings is 1. The predicted octanol–water partition coefficient (Wildman–Crippen LogP) is 4.57. The van der Waals surface area contributed by atoms with Crippen LogP contribution < -0.4 is 4.57 Å². The molecule has 2 heterocycles. The Kier molecular flexibility index (Phi) is 3.14. The number of hydrogen-bond donors (Lipinski definition) is 0. The Hall–Kier alpha value is -3.12. The van der Waals surface area contributed by atoms with Gasteiger partial charge in [0.1, 0.15) is 24.3 Å². The van der Waals surface area contributed by atoms with Crippen LogP contribution in [0.5, 0.6) is 0 Å². The van der Waals surface area contributed by atoms with Crippen LogP contribution in [0, 0.1) is 25.2 Å². The summed E-state index contributed by atoms with van der Waals surface area (Å²) < 4.78 is 8.09. The largest absolute Gasteiger partial charge is 0.455 e. The summed E-state index contributed by atoms with van der Waals surface area (Å²) in [5, 5.41) is 11.9. The molecule has 2 aromatic carbocycles. The van der Waals surface area contributed by atoms with E-state index in [-0.39, 0.29) is 0 Å². The average Bonchev–Trinajstić information content (AvgIpc) is 2.93. The molecule has 4 aromatic rings. The van der Waals surface area contributed by atoms with Gasteiger partial charge in [-0.3, -0.25) is 0 Å². The SMILES string of the molecule is Cc1ccc(-c2c(C)cc3c(oc4ccccc43)c2C#N)[n+](C)c1. The Morgan fingerprint density at radius 3 is 2.58 bits per heavy atom. The van der Waals surface area contributed by atoms with E-state index >= 15 is 0 Å². The zero-order chi connectivity index (χ0) is 16.8. The third-order valence-electron chi connectivity index (χ3n) is 4.52. The molecule has 3 nitrogen and oxygen atoms in total. The van der Waals surface area contributed by atoms with Crippen LogP contribution in [-0.4, -0.2) is 0 Å². The zero-order valence-electron chi connectivity index (χ0n) is 13.9. The number of para-hydroxylation sites is 1. The minimum absolute atomic E-state index is 0.598. The molecule has 0 radical (unpaired) electrons. The molecular weight excluding hydrogens is 296 g/mol. The molecule has 0 aliphatic rings. The Morgan fingerprint density at radius 1 is 1.04 bits per heavy atom. The Balaban J connectivity index is 2.15. The number of fused-ring (bicyclic) bond motifs is 3. The van der Waals surface area contributed by atoms with Gasteiger partial charge in [0.2, 0.25) is 5.69 Å². The van der Waals surface area contributed by atoms with E-state index in [0.29, 0.717) is 11.1 Å². The molecule has 0 fully saturated rings. The molecule has 0 spiro atoms. The fraction of sp³-hybridized carbons (Fsp3) is 0.143. The smallest absolute Gasteiger partial charge is 0.214 e. The van der Waals surface area contributed by atoms with Gasteiger partial charge in [-0.25, -0.2) is 4.57 Å². The molecule has 0 N–H and O–H groups in total. The third-order valence-corrected chi connectivity index (χ3v) is 4.52. The van der Waals surface area contributed by atoms with Gasteiger partial charge in [-0.1, -0.05) is 18.2 Å². The van der Waals surface area contributed by atoms with Crippen molar-refractivity contribution >= 4 is 21.9 Å². The number of benzene rings is 2. The van der Waals surface area contributed by atoms with Gasteiger partial charge < -0.3 is 4.42 Å². The lowest BCUT2D eigenvalue weighted by Gasteiger charge is -2.08. The molecule has 2 aromatic heterocycles. The molecule has 0 unspecified atom stereocenters. The van der Waals surface area contributed by atoms with E-state index in [0.717, 1.165) is 33.2 Å². The summed E-state index contributed by atoms with van der Waals surface area (Å²) in [6.45, 7) is 4.11. The topological polar surface area (TPSA) is 40.8 Å². The van der Waals surface area contributed by atoms with E-state index in [1.165, 1.54) is 5.56 Å². The molecule has 0 amide bonds. The van der Waals surface area contributed by atoms with E-state index in [9.17, 15) is 5.26 Å². The first-order chi connectivity index (χ1) is 11.6. The number of nitriles is 1. The Labute approximate surface area is 140 Å². The highest BCUT2D eigenvalue weighted by Gasteiger charge is 2.22. The molecule has 0 aliphatic heterocycles. The average molecular weight is 313 g/mol. The van der Waals surface area contributed by atoms with Crippen molar-refractivity contribution in [3.63, 3.8) is 0 Å². The van der Waals surface area contributed by atoms with E-state index < -0.39 is 0 Å². The summed E-state index contributed by atoms with van der Waals surface area (Å²) >= 11 is 0. The number of hydrogen-bond acceptors (Lipinski definition) is 2. The highest BCUT2D eigenvalue weighted by Crippen LogP contribution is 2.37. The van der Waals surface area contributed by atoms with Crippen LogP contribution in [0.1, 0.15) is 16.7 Å². The highest BCUT2D eigenvalue weighted by atomic mass is 16.3. The van der Waals surface area contributed by atoms with Crippen molar-refractivity contribution in [1.29, 1.82) is 5.26 Å². The summed E-state index contributed by atoms with van der Waals surface area (Å²) in [4.78, 5) is 0. The van der Waals surface area contributed by atoms with Crippen molar-refractivity contribution in [2.24, 2.45) is 7.05 Å². The standard InChI is InChI=1S/C21H17N2O/c1-13-8-9-18(23(3)12-13)20-14(2)10-16-15-6-4-5-7-19(15)24-21(16)17(20)11-22/h4-10,12H,1-3H3/q+1. The molecule has 116 valence electrons. The van der Waals surface area contributed by atoms with Crippen LogP contribution in [0.15, 0.2) is 53.1 Å². The summed E-state index contributed by atoms with van der Waals surface area (Å²) in [7, 11) is 2.01. The minimum Gasteiger partial charge on any atom is -0.455 e. The highest BCUT2D eigenvalue weighted by molar-refractivity contribution is 6.08. The third kappa shape index (κ3) is 2.00. The van der Waals surface area contributed by atoms with Gasteiger partial charge in [0, 0.05) is 22.4 Å². The van der Waals surface area contributed by atoms with Gasteiger partial charge in [0.25, 0.3) is 0 Å². The van der Waals surface area contributed by atoms with Crippen molar-refractivity contribution in [3.8, 4) is 17.3 Å². The lowest BCUT2D eigenvalue weighted by molar-refractivity contribution is -0.660. The van der Waals surface area contributed by atoms with Crippen LogP contribution in [0.4, 0.5) is 0 Å². The number of aromatic nitrogens is 1. The predicted molar refractivity (Wildman–Crippen MR) is 94.5 cm³/mol. The van der Waals surface area contributed by atoms with Gasteiger partial charge in [-0.15, -0.1) is 0 Å². The first-order valence-electron chi connectivity index (χ1n) is 7.91. The molecule has 0 aliphatic carbocycles. The summed E-state index contributed by atoms with van der Waals surface area (Å²) in [5.74, 6) is 0. The van der Waals surface area contributed by atoms with E-state index in [4.69, 9.17) is 4.42 Å². The molecule has 0 atom stereocenters. The quantitative estimate of drug-likeness (QED) is 0.483. The monoisotopic (exact) mass is 313 g/mol. The lowest BCUT2D eigenvalue weighted by atomic mass is 9.95. The molecule has 0 saturated carbocycles. The van der Waals surface area contributed by atoms with Crippen molar-refractivity contribution in [2.45, 2.75) is 13.8 Å². The maximum atomic E-state index is 9.85.